The van der Waals surface area contributed by atoms with E-state index in [4.69, 9.17) is 17.1 Å². The molecule has 0 saturated heterocycles. The molecule has 0 aromatic heterocycles. The third kappa shape index (κ3) is 2.47. The Morgan fingerprint density at radius 1 is 1.46 bits per heavy atom. The van der Waals surface area contributed by atoms with E-state index in [9.17, 15) is 4.79 Å². The van der Waals surface area contributed by atoms with Crippen molar-refractivity contribution in [3.63, 3.8) is 0 Å². The van der Waals surface area contributed by atoms with Gasteiger partial charge in [0, 0.05) is 4.91 Å². The Labute approximate surface area is 79.8 Å². The van der Waals surface area contributed by atoms with Gasteiger partial charge in [0.2, 0.25) is 5.24 Å². The molecule has 1 aromatic carbocycles. The first-order valence-corrected chi connectivity index (χ1v) is 3.92. The Morgan fingerprint density at radius 3 is 2.54 bits per heavy atom. The lowest BCUT2D eigenvalue weighted by Gasteiger charge is -2.04. The zero-order chi connectivity index (χ0) is 9.68. The van der Waals surface area contributed by atoms with Crippen molar-refractivity contribution in [2.24, 2.45) is 5.11 Å². The van der Waals surface area contributed by atoms with Crippen LogP contribution < -0.4 is 0 Å². The minimum Gasteiger partial charge on any atom is -0.280 e. The van der Waals surface area contributed by atoms with Crippen molar-refractivity contribution >= 4 is 16.8 Å². The van der Waals surface area contributed by atoms with E-state index in [1.54, 1.807) is 30.3 Å². The molecule has 13 heavy (non-hydrogen) atoms. The van der Waals surface area contributed by atoms with Crippen LogP contribution in [0.4, 0.5) is 0 Å². The number of benzene rings is 1. The normalized spacial score (nSPS) is 11.5. The largest absolute Gasteiger partial charge is 0.280 e. The van der Waals surface area contributed by atoms with Crippen molar-refractivity contribution in [3.8, 4) is 0 Å². The molecule has 0 bridgehead atoms. The molecule has 0 amide bonds. The number of carbonyl (C=O) groups is 1. The molecule has 0 aliphatic heterocycles. The van der Waals surface area contributed by atoms with Crippen LogP contribution in [0.25, 0.3) is 10.4 Å². The van der Waals surface area contributed by atoms with Crippen LogP contribution >= 0.6 is 11.6 Å². The number of hydrogen-bond acceptors (Lipinski definition) is 2. The summed E-state index contributed by atoms with van der Waals surface area (Å²) >= 11 is 5.25. The number of azide groups is 1. The Bertz CT molecular complexity index is 344. The first-order valence-electron chi connectivity index (χ1n) is 3.54. The monoisotopic (exact) mass is 195 g/mol. The van der Waals surface area contributed by atoms with Crippen LogP contribution in [-0.2, 0) is 4.79 Å². The fraction of sp³-hybridized carbons (Fsp3) is 0.125. The molecule has 0 spiro atoms. The molecular formula is C8H6ClN3O. The van der Waals surface area contributed by atoms with Crippen LogP contribution in [0.15, 0.2) is 35.4 Å². The van der Waals surface area contributed by atoms with Crippen LogP contribution in [0.3, 0.4) is 0 Å². The van der Waals surface area contributed by atoms with Crippen LogP contribution in [0, 0.1) is 0 Å². The van der Waals surface area contributed by atoms with Gasteiger partial charge in [-0.25, -0.2) is 0 Å². The molecule has 0 N–H and O–H groups in total. The standard InChI is InChI=1S/C8H6ClN3O/c9-8(13)7(11-12-10)6-4-2-1-3-5-6/h1-5,7H/t7-/m1/s1. The third-order valence-electron chi connectivity index (χ3n) is 1.50. The molecule has 0 aliphatic carbocycles. The second kappa shape index (κ2) is 4.50. The molecule has 1 atom stereocenters. The predicted octanol–water partition coefficient (Wildman–Crippen LogP) is 2.80. The molecule has 0 radical (unpaired) electrons. The zero-order valence-corrected chi connectivity index (χ0v) is 7.35. The van der Waals surface area contributed by atoms with E-state index >= 15 is 0 Å². The Balaban J connectivity index is 3.02. The molecule has 0 fully saturated rings. The summed E-state index contributed by atoms with van der Waals surface area (Å²) in [6.07, 6.45) is 0. The van der Waals surface area contributed by atoms with Crippen LogP contribution in [0.2, 0.25) is 0 Å². The zero-order valence-electron chi connectivity index (χ0n) is 6.59. The van der Waals surface area contributed by atoms with E-state index in [-0.39, 0.29) is 0 Å². The summed E-state index contributed by atoms with van der Waals surface area (Å²) in [5.41, 5.74) is 8.79. The maximum absolute atomic E-state index is 10.8. The number of rotatable bonds is 3. The van der Waals surface area contributed by atoms with Gasteiger partial charge >= 0.3 is 0 Å². The van der Waals surface area contributed by atoms with Crippen molar-refractivity contribution in [2.45, 2.75) is 6.04 Å². The summed E-state index contributed by atoms with van der Waals surface area (Å²) < 4.78 is 0. The number of halogens is 1. The van der Waals surface area contributed by atoms with Gasteiger partial charge in [0.15, 0.2) is 0 Å². The highest BCUT2D eigenvalue weighted by molar-refractivity contribution is 6.64. The lowest BCUT2D eigenvalue weighted by molar-refractivity contribution is -0.112. The van der Waals surface area contributed by atoms with Gasteiger partial charge in [0.05, 0.1) is 0 Å². The average Bonchev–Trinajstić information content (AvgIpc) is 2.15. The molecule has 5 heteroatoms. The lowest BCUT2D eigenvalue weighted by atomic mass is 10.1. The highest BCUT2D eigenvalue weighted by atomic mass is 35.5. The van der Waals surface area contributed by atoms with Crippen LogP contribution in [0.5, 0.6) is 0 Å². The molecule has 0 heterocycles. The molecule has 0 saturated carbocycles. The summed E-state index contributed by atoms with van der Waals surface area (Å²) in [7, 11) is 0. The van der Waals surface area contributed by atoms with Crippen molar-refractivity contribution in [2.75, 3.05) is 0 Å². The van der Waals surface area contributed by atoms with Crippen molar-refractivity contribution in [1.29, 1.82) is 0 Å². The smallest absolute Gasteiger partial charge is 0.235 e. The van der Waals surface area contributed by atoms with E-state index in [0.717, 1.165) is 0 Å². The molecule has 1 aromatic rings. The van der Waals surface area contributed by atoms with E-state index in [1.165, 1.54) is 0 Å². The average molecular weight is 196 g/mol. The Hall–Kier alpha value is -1.51. The molecule has 66 valence electrons. The lowest BCUT2D eigenvalue weighted by Crippen LogP contribution is -2.02. The molecule has 0 unspecified atom stereocenters. The van der Waals surface area contributed by atoms with Gasteiger partial charge in [-0.15, -0.1) is 0 Å². The Morgan fingerprint density at radius 2 is 2.08 bits per heavy atom. The number of carbonyl (C=O) groups excluding carboxylic acids is 1. The fourth-order valence-electron chi connectivity index (χ4n) is 0.930. The first kappa shape index (κ1) is 9.58. The third-order valence-corrected chi connectivity index (χ3v) is 1.70. The van der Waals surface area contributed by atoms with Gasteiger partial charge in [-0.3, -0.25) is 4.79 Å². The van der Waals surface area contributed by atoms with Gasteiger partial charge in [0.25, 0.3) is 0 Å². The minimum atomic E-state index is -0.923. The predicted molar refractivity (Wildman–Crippen MR) is 49.2 cm³/mol. The van der Waals surface area contributed by atoms with E-state index in [1.807, 2.05) is 0 Å². The minimum absolute atomic E-state index is 0.598. The summed E-state index contributed by atoms with van der Waals surface area (Å²) in [5, 5.41) is 2.62. The van der Waals surface area contributed by atoms with Gasteiger partial charge in [-0.1, -0.05) is 35.4 Å². The SMILES string of the molecule is [N-]=[N+]=N[C@@H](C(=O)Cl)c1ccccc1. The maximum Gasteiger partial charge on any atom is 0.235 e. The van der Waals surface area contributed by atoms with Gasteiger partial charge in [-0.05, 0) is 22.7 Å². The summed E-state index contributed by atoms with van der Waals surface area (Å²) in [4.78, 5) is 13.4. The highest BCUT2D eigenvalue weighted by Crippen LogP contribution is 2.19. The second-order valence-electron chi connectivity index (χ2n) is 2.32. The number of nitrogens with zero attached hydrogens (tertiary/aromatic N) is 3. The highest BCUT2D eigenvalue weighted by Gasteiger charge is 2.15. The second-order valence-corrected chi connectivity index (χ2v) is 2.69. The summed E-state index contributed by atoms with van der Waals surface area (Å²) in [6.45, 7) is 0. The molecular weight excluding hydrogens is 190 g/mol. The molecule has 0 aliphatic rings. The first-order chi connectivity index (χ1) is 6.25. The van der Waals surface area contributed by atoms with E-state index < -0.39 is 11.3 Å². The fourth-order valence-corrected chi connectivity index (χ4v) is 1.10. The topological polar surface area (TPSA) is 65.8 Å². The van der Waals surface area contributed by atoms with E-state index in [2.05, 4.69) is 10.0 Å². The van der Waals surface area contributed by atoms with Gasteiger partial charge in [-0.2, -0.15) is 0 Å². The van der Waals surface area contributed by atoms with Crippen LogP contribution in [0.1, 0.15) is 11.6 Å². The van der Waals surface area contributed by atoms with Crippen molar-refractivity contribution in [3.05, 3.63) is 46.3 Å². The molecule has 4 nitrogen and oxygen atoms in total. The van der Waals surface area contributed by atoms with Gasteiger partial charge in [0.1, 0.15) is 6.04 Å². The quantitative estimate of drug-likeness (QED) is 0.317. The number of hydrogen-bond donors (Lipinski definition) is 0. The van der Waals surface area contributed by atoms with Gasteiger partial charge < -0.3 is 0 Å². The van der Waals surface area contributed by atoms with Crippen molar-refractivity contribution in [1.82, 2.24) is 0 Å². The maximum atomic E-state index is 10.8. The summed E-state index contributed by atoms with van der Waals surface area (Å²) in [5.74, 6) is 0. The van der Waals surface area contributed by atoms with E-state index in [0.29, 0.717) is 5.56 Å². The summed E-state index contributed by atoms with van der Waals surface area (Å²) in [6, 6.07) is 7.73. The molecule has 1 rings (SSSR count). The van der Waals surface area contributed by atoms with Crippen LogP contribution in [-0.4, -0.2) is 5.24 Å². The van der Waals surface area contributed by atoms with Crippen molar-refractivity contribution < 1.29 is 4.79 Å². The Kier molecular flexibility index (Phi) is 3.31.